The number of carbonyl (C=O) groups excluding carboxylic acids is 1. The van der Waals surface area contributed by atoms with Gasteiger partial charge in [0.1, 0.15) is 5.76 Å². The van der Waals surface area contributed by atoms with E-state index >= 15 is 0 Å². The Morgan fingerprint density at radius 3 is 2.57 bits per heavy atom. The number of nitrogens with zero attached hydrogens (tertiary/aromatic N) is 2. The Bertz CT molecular complexity index is 948. The van der Waals surface area contributed by atoms with Crippen LogP contribution < -0.4 is 5.32 Å². The molecule has 0 radical (unpaired) electrons. The first-order chi connectivity index (χ1) is 13.1. The van der Waals surface area contributed by atoms with Crippen molar-refractivity contribution >= 4 is 37.7 Å². The van der Waals surface area contributed by atoms with E-state index in [0.717, 1.165) is 4.47 Å². The maximum absolute atomic E-state index is 12.9. The summed E-state index contributed by atoms with van der Waals surface area (Å²) in [6.45, 7) is 6.52. The minimum Gasteiger partial charge on any atom is -0.359 e. The molecule has 1 aromatic heterocycles. The molecule has 2 heterocycles. The van der Waals surface area contributed by atoms with Crippen LogP contribution >= 0.6 is 15.9 Å². The molecule has 3 rings (SSSR count). The summed E-state index contributed by atoms with van der Waals surface area (Å²) in [6, 6.07) is 8.22. The van der Waals surface area contributed by atoms with Crippen LogP contribution in [0.1, 0.15) is 39.4 Å². The van der Waals surface area contributed by atoms with E-state index in [0.29, 0.717) is 31.0 Å². The maximum atomic E-state index is 12.9. The zero-order valence-corrected chi connectivity index (χ0v) is 18.5. The Balaban J connectivity index is 1.69. The molecule has 1 unspecified atom stereocenters. The monoisotopic (exact) mass is 469 g/mol. The summed E-state index contributed by atoms with van der Waals surface area (Å²) in [4.78, 5) is 12.9. The number of carbonyl (C=O) groups is 1. The van der Waals surface area contributed by atoms with Gasteiger partial charge in [-0.25, -0.2) is 8.42 Å². The molecule has 1 amide bonds. The van der Waals surface area contributed by atoms with Crippen LogP contribution in [0.25, 0.3) is 0 Å². The number of hydrogen-bond acceptors (Lipinski definition) is 5. The van der Waals surface area contributed by atoms with Gasteiger partial charge in [-0.1, -0.05) is 41.9 Å². The molecule has 1 saturated heterocycles. The van der Waals surface area contributed by atoms with Crippen molar-refractivity contribution < 1.29 is 17.7 Å². The van der Waals surface area contributed by atoms with Crippen molar-refractivity contribution in [1.82, 2.24) is 9.46 Å². The van der Waals surface area contributed by atoms with Crippen LogP contribution in [-0.4, -0.2) is 36.9 Å². The zero-order valence-electron chi connectivity index (χ0n) is 16.1. The minimum atomic E-state index is -3.63. The van der Waals surface area contributed by atoms with Crippen molar-refractivity contribution in [1.29, 1.82) is 0 Å². The molecule has 0 spiro atoms. The highest BCUT2D eigenvalue weighted by Crippen LogP contribution is 2.27. The van der Waals surface area contributed by atoms with Gasteiger partial charge in [0.25, 0.3) is 0 Å². The van der Waals surface area contributed by atoms with E-state index in [4.69, 9.17) is 4.52 Å². The van der Waals surface area contributed by atoms with Gasteiger partial charge >= 0.3 is 0 Å². The van der Waals surface area contributed by atoms with Crippen LogP contribution in [0.5, 0.6) is 0 Å². The van der Waals surface area contributed by atoms with Crippen LogP contribution in [0.4, 0.5) is 5.82 Å². The van der Waals surface area contributed by atoms with Gasteiger partial charge in [0.2, 0.25) is 15.9 Å². The fraction of sp³-hybridized carbons (Fsp3) is 0.474. The Morgan fingerprint density at radius 2 is 1.96 bits per heavy atom. The van der Waals surface area contributed by atoms with E-state index in [1.165, 1.54) is 4.31 Å². The summed E-state index contributed by atoms with van der Waals surface area (Å²) in [7, 11) is -3.63. The smallest absolute Gasteiger partial charge is 0.243 e. The van der Waals surface area contributed by atoms with Crippen molar-refractivity contribution in [3.8, 4) is 0 Å². The molecule has 1 atom stereocenters. The predicted octanol–water partition coefficient (Wildman–Crippen LogP) is 3.77. The molecule has 2 aromatic rings. The Morgan fingerprint density at radius 1 is 1.29 bits per heavy atom. The van der Waals surface area contributed by atoms with Gasteiger partial charge in [-0.2, -0.15) is 4.31 Å². The third-order valence-corrected chi connectivity index (χ3v) is 7.11. The Labute approximate surface area is 173 Å². The summed E-state index contributed by atoms with van der Waals surface area (Å²) in [5.74, 6) is 0.340. The largest absolute Gasteiger partial charge is 0.359 e. The first-order valence-electron chi connectivity index (χ1n) is 9.11. The highest BCUT2D eigenvalue weighted by molar-refractivity contribution is 9.10. The zero-order chi connectivity index (χ0) is 20.5. The number of halogens is 1. The maximum Gasteiger partial charge on any atom is 0.243 e. The lowest BCUT2D eigenvalue weighted by molar-refractivity contribution is -0.120. The van der Waals surface area contributed by atoms with E-state index in [-0.39, 0.29) is 22.8 Å². The molecule has 0 bridgehead atoms. The van der Waals surface area contributed by atoms with Crippen LogP contribution in [0, 0.1) is 5.92 Å². The number of amides is 1. The van der Waals surface area contributed by atoms with E-state index in [9.17, 15) is 13.2 Å². The third kappa shape index (κ3) is 4.64. The summed E-state index contributed by atoms with van der Waals surface area (Å²) in [5, 5.41) is 6.65. The van der Waals surface area contributed by atoms with Crippen molar-refractivity contribution in [3.63, 3.8) is 0 Å². The summed E-state index contributed by atoms with van der Waals surface area (Å²) in [6.07, 6.45) is 1.25. The van der Waals surface area contributed by atoms with Crippen molar-refractivity contribution in [2.45, 2.75) is 43.9 Å². The lowest BCUT2D eigenvalue weighted by atomic mass is 9.93. The van der Waals surface area contributed by atoms with Crippen LogP contribution in [0.3, 0.4) is 0 Å². The van der Waals surface area contributed by atoms with Gasteiger partial charge in [0.15, 0.2) is 5.82 Å². The van der Waals surface area contributed by atoms with Gasteiger partial charge in [-0.3, -0.25) is 4.79 Å². The molecule has 1 fully saturated rings. The average molecular weight is 470 g/mol. The fourth-order valence-electron chi connectivity index (χ4n) is 3.05. The SMILES string of the molecule is CC(C)(C)c1cc(NC(=O)C2CCCN(S(=O)(=O)c3ccc(Br)cc3)C2)no1. The average Bonchev–Trinajstić information content (AvgIpc) is 3.11. The summed E-state index contributed by atoms with van der Waals surface area (Å²) < 4.78 is 33.3. The Kier molecular flexibility index (Phi) is 5.97. The number of hydrogen-bond donors (Lipinski definition) is 1. The molecule has 0 aliphatic carbocycles. The van der Waals surface area contributed by atoms with E-state index in [1.54, 1.807) is 30.3 Å². The van der Waals surface area contributed by atoms with Gasteiger partial charge in [0.05, 0.1) is 10.8 Å². The van der Waals surface area contributed by atoms with Crippen LogP contribution in [0.2, 0.25) is 0 Å². The first kappa shape index (κ1) is 21.0. The molecule has 9 heteroatoms. The van der Waals surface area contributed by atoms with Gasteiger partial charge in [-0.05, 0) is 37.1 Å². The molecular formula is C19H24BrN3O4S. The molecule has 28 heavy (non-hydrogen) atoms. The molecule has 1 aromatic carbocycles. The topological polar surface area (TPSA) is 92.5 Å². The molecule has 152 valence electrons. The standard InChI is InChI=1S/C19H24BrN3O4S/c1-19(2,3)16-11-17(22-27-16)21-18(24)13-5-4-10-23(12-13)28(25,26)15-8-6-14(20)7-9-15/h6-9,11,13H,4-5,10,12H2,1-3H3,(H,21,22,24). The number of nitrogens with one attached hydrogen (secondary N) is 1. The molecule has 1 aliphatic rings. The van der Waals surface area contributed by atoms with Gasteiger partial charge in [0, 0.05) is 29.0 Å². The number of rotatable bonds is 4. The number of aromatic nitrogens is 1. The molecule has 7 nitrogen and oxygen atoms in total. The van der Waals surface area contributed by atoms with Crippen LogP contribution in [-0.2, 0) is 20.2 Å². The number of sulfonamides is 1. The number of piperidine rings is 1. The summed E-state index contributed by atoms with van der Waals surface area (Å²) >= 11 is 3.31. The third-order valence-electron chi connectivity index (χ3n) is 4.71. The van der Waals surface area contributed by atoms with Crippen LogP contribution in [0.15, 0.2) is 44.2 Å². The normalized spacial score (nSPS) is 18.8. The summed E-state index contributed by atoms with van der Waals surface area (Å²) in [5.41, 5.74) is -0.212. The molecule has 0 saturated carbocycles. The van der Waals surface area contributed by atoms with Crippen molar-refractivity contribution in [3.05, 3.63) is 40.6 Å². The highest BCUT2D eigenvalue weighted by Gasteiger charge is 2.33. The van der Waals surface area contributed by atoms with Gasteiger partial charge in [-0.15, -0.1) is 0 Å². The van der Waals surface area contributed by atoms with Crippen molar-refractivity contribution in [2.75, 3.05) is 18.4 Å². The molecular weight excluding hydrogens is 446 g/mol. The number of benzene rings is 1. The highest BCUT2D eigenvalue weighted by atomic mass is 79.9. The second kappa shape index (κ2) is 7.96. The molecule has 1 N–H and O–H groups in total. The van der Waals surface area contributed by atoms with Gasteiger partial charge < -0.3 is 9.84 Å². The number of anilines is 1. The second-order valence-electron chi connectivity index (χ2n) is 7.97. The van der Waals surface area contributed by atoms with E-state index in [1.807, 2.05) is 20.8 Å². The first-order valence-corrected chi connectivity index (χ1v) is 11.3. The Hall–Kier alpha value is -1.71. The fourth-order valence-corrected chi connectivity index (χ4v) is 4.83. The minimum absolute atomic E-state index is 0.147. The second-order valence-corrected chi connectivity index (χ2v) is 10.8. The van der Waals surface area contributed by atoms with E-state index < -0.39 is 15.9 Å². The lowest BCUT2D eigenvalue weighted by Crippen LogP contribution is -2.43. The predicted molar refractivity (Wildman–Crippen MR) is 109 cm³/mol. The van der Waals surface area contributed by atoms with E-state index in [2.05, 4.69) is 26.4 Å². The molecule has 1 aliphatic heterocycles. The quantitative estimate of drug-likeness (QED) is 0.735. The van der Waals surface area contributed by atoms with Crippen molar-refractivity contribution in [2.24, 2.45) is 5.92 Å². The lowest BCUT2D eigenvalue weighted by Gasteiger charge is -2.31.